The van der Waals surface area contributed by atoms with E-state index in [2.05, 4.69) is 37.7 Å². The minimum Gasteiger partial charge on any atom is -0.497 e. The molecule has 0 saturated heterocycles. The second-order valence-electron chi connectivity index (χ2n) is 5.66. The Bertz CT molecular complexity index is 651. The van der Waals surface area contributed by atoms with Gasteiger partial charge < -0.3 is 15.0 Å². The van der Waals surface area contributed by atoms with Crippen LogP contribution in [0.3, 0.4) is 0 Å². The first-order valence-corrected chi connectivity index (χ1v) is 8.96. The smallest absolute Gasteiger partial charge is 0.193 e. The van der Waals surface area contributed by atoms with Gasteiger partial charge in [-0.15, -0.1) is 11.3 Å². The van der Waals surface area contributed by atoms with Crippen molar-refractivity contribution < 1.29 is 4.74 Å². The normalized spacial score (nSPS) is 11.4. The highest BCUT2D eigenvalue weighted by atomic mass is 32.1. The molecular formula is C18H26N4OS. The summed E-state index contributed by atoms with van der Waals surface area (Å²) in [5.74, 6) is 1.78. The second kappa shape index (κ2) is 9.27. The Hall–Kier alpha value is -2.08. The Morgan fingerprint density at radius 3 is 2.67 bits per heavy atom. The molecule has 0 aliphatic carbocycles. The molecule has 2 aromatic rings. The van der Waals surface area contributed by atoms with Gasteiger partial charge in [-0.1, -0.05) is 12.1 Å². The molecule has 2 rings (SSSR count). The molecule has 5 nitrogen and oxygen atoms in total. The zero-order valence-corrected chi connectivity index (χ0v) is 15.7. The molecule has 0 aliphatic rings. The largest absolute Gasteiger partial charge is 0.497 e. The van der Waals surface area contributed by atoms with Gasteiger partial charge in [-0.3, -0.25) is 4.99 Å². The predicted octanol–water partition coefficient (Wildman–Crippen LogP) is 3.10. The van der Waals surface area contributed by atoms with E-state index in [0.717, 1.165) is 43.3 Å². The number of methoxy groups -OCH3 is 1. The molecule has 1 N–H and O–H groups in total. The fourth-order valence-electron chi connectivity index (χ4n) is 2.42. The molecule has 0 radical (unpaired) electrons. The van der Waals surface area contributed by atoms with Gasteiger partial charge in [-0.05, 0) is 31.0 Å². The third kappa shape index (κ3) is 5.53. The number of guanidine groups is 1. The van der Waals surface area contributed by atoms with E-state index in [1.807, 2.05) is 33.2 Å². The molecule has 6 heteroatoms. The van der Waals surface area contributed by atoms with Crippen molar-refractivity contribution in [2.75, 3.05) is 27.7 Å². The molecule has 0 aliphatic heterocycles. The van der Waals surface area contributed by atoms with Crippen molar-refractivity contribution in [3.05, 3.63) is 45.9 Å². The van der Waals surface area contributed by atoms with E-state index in [4.69, 9.17) is 4.74 Å². The zero-order valence-electron chi connectivity index (χ0n) is 14.9. The Morgan fingerprint density at radius 1 is 1.33 bits per heavy atom. The Kier molecular flexibility index (Phi) is 7.06. The van der Waals surface area contributed by atoms with Crippen molar-refractivity contribution in [3.8, 4) is 5.75 Å². The van der Waals surface area contributed by atoms with Crippen LogP contribution in [-0.4, -0.2) is 43.6 Å². The topological polar surface area (TPSA) is 49.8 Å². The van der Waals surface area contributed by atoms with Gasteiger partial charge in [-0.25, -0.2) is 4.98 Å². The summed E-state index contributed by atoms with van der Waals surface area (Å²) in [4.78, 5) is 11.0. The number of aryl methyl sites for hydroxylation is 2. The first-order valence-electron chi connectivity index (χ1n) is 8.08. The van der Waals surface area contributed by atoms with Gasteiger partial charge in [0.05, 0.1) is 12.1 Å². The van der Waals surface area contributed by atoms with E-state index < -0.39 is 0 Å². The lowest BCUT2D eigenvalue weighted by Crippen LogP contribution is -2.39. The summed E-state index contributed by atoms with van der Waals surface area (Å²) in [5.41, 5.74) is 2.33. The minimum atomic E-state index is 0.801. The predicted molar refractivity (Wildman–Crippen MR) is 101 cm³/mol. The lowest BCUT2D eigenvalue weighted by molar-refractivity contribution is 0.414. The van der Waals surface area contributed by atoms with Crippen LogP contribution in [0, 0.1) is 6.92 Å². The first-order chi connectivity index (χ1) is 11.6. The number of benzene rings is 1. The van der Waals surface area contributed by atoms with Crippen molar-refractivity contribution >= 4 is 17.3 Å². The Morgan fingerprint density at radius 2 is 2.08 bits per heavy atom. The van der Waals surface area contributed by atoms with Crippen LogP contribution < -0.4 is 10.1 Å². The van der Waals surface area contributed by atoms with Gasteiger partial charge in [0.15, 0.2) is 5.96 Å². The van der Waals surface area contributed by atoms with Crippen LogP contribution in [0.15, 0.2) is 34.6 Å². The van der Waals surface area contributed by atoms with E-state index in [-0.39, 0.29) is 0 Å². The lowest BCUT2D eigenvalue weighted by Gasteiger charge is -2.22. The highest BCUT2D eigenvalue weighted by Gasteiger charge is 2.07. The summed E-state index contributed by atoms with van der Waals surface area (Å²) < 4.78 is 5.19. The van der Waals surface area contributed by atoms with Gasteiger partial charge >= 0.3 is 0 Å². The maximum Gasteiger partial charge on any atom is 0.193 e. The molecule has 0 atom stereocenters. The van der Waals surface area contributed by atoms with Crippen molar-refractivity contribution in [1.29, 1.82) is 0 Å². The monoisotopic (exact) mass is 346 g/mol. The van der Waals surface area contributed by atoms with Gasteiger partial charge in [0.25, 0.3) is 0 Å². The maximum absolute atomic E-state index is 5.19. The van der Waals surface area contributed by atoms with Crippen LogP contribution in [-0.2, 0) is 13.0 Å². The number of nitrogens with zero attached hydrogens (tertiary/aromatic N) is 3. The van der Waals surface area contributed by atoms with Crippen molar-refractivity contribution in [3.63, 3.8) is 0 Å². The van der Waals surface area contributed by atoms with E-state index in [1.54, 1.807) is 18.4 Å². The molecule has 24 heavy (non-hydrogen) atoms. The number of aromatic nitrogens is 1. The number of thiazole rings is 1. The molecular weight excluding hydrogens is 320 g/mol. The summed E-state index contributed by atoms with van der Waals surface area (Å²) in [5, 5.41) is 6.72. The first kappa shape index (κ1) is 18.3. The minimum absolute atomic E-state index is 0.801. The Labute approximate surface area is 148 Å². The molecule has 1 aromatic heterocycles. The van der Waals surface area contributed by atoms with E-state index in [1.165, 1.54) is 10.6 Å². The summed E-state index contributed by atoms with van der Waals surface area (Å²) in [7, 11) is 5.54. The van der Waals surface area contributed by atoms with Crippen molar-refractivity contribution in [2.45, 2.75) is 26.3 Å². The molecule has 0 saturated carbocycles. The average molecular weight is 347 g/mol. The summed E-state index contributed by atoms with van der Waals surface area (Å²) >= 11 is 1.74. The number of nitrogens with one attached hydrogen (secondary N) is 1. The SMILES string of the molecule is CN=C(NCCCc1nc(C)cs1)N(C)Cc1ccc(OC)cc1. The van der Waals surface area contributed by atoms with Gasteiger partial charge in [0.1, 0.15) is 5.75 Å². The van der Waals surface area contributed by atoms with Gasteiger partial charge in [-0.2, -0.15) is 0 Å². The number of rotatable bonds is 7. The van der Waals surface area contributed by atoms with Gasteiger partial charge in [0, 0.05) is 44.7 Å². The van der Waals surface area contributed by atoms with Crippen LogP contribution in [0.4, 0.5) is 0 Å². The highest BCUT2D eigenvalue weighted by molar-refractivity contribution is 7.09. The summed E-state index contributed by atoms with van der Waals surface area (Å²) in [6.45, 7) is 3.72. The fraction of sp³-hybridized carbons (Fsp3) is 0.444. The number of hydrogen-bond acceptors (Lipinski definition) is 4. The van der Waals surface area contributed by atoms with Crippen molar-refractivity contribution in [2.24, 2.45) is 4.99 Å². The molecule has 0 fully saturated rings. The lowest BCUT2D eigenvalue weighted by atomic mass is 10.2. The van der Waals surface area contributed by atoms with Crippen LogP contribution in [0.5, 0.6) is 5.75 Å². The van der Waals surface area contributed by atoms with Crippen LogP contribution in [0.1, 0.15) is 22.7 Å². The Balaban J connectivity index is 1.77. The fourth-order valence-corrected chi connectivity index (χ4v) is 3.24. The number of hydrogen-bond donors (Lipinski definition) is 1. The van der Waals surface area contributed by atoms with E-state index in [9.17, 15) is 0 Å². The van der Waals surface area contributed by atoms with Crippen molar-refractivity contribution in [1.82, 2.24) is 15.2 Å². The quantitative estimate of drug-likeness (QED) is 0.475. The zero-order chi connectivity index (χ0) is 17.4. The third-order valence-corrected chi connectivity index (χ3v) is 4.70. The molecule has 0 unspecified atom stereocenters. The molecule has 1 aromatic carbocycles. The number of aliphatic imine (C=N–C) groups is 1. The summed E-state index contributed by atoms with van der Waals surface area (Å²) in [6.07, 6.45) is 2.05. The van der Waals surface area contributed by atoms with E-state index >= 15 is 0 Å². The molecule has 1 heterocycles. The molecule has 0 bridgehead atoms. The van der Waals surface area contributed by atoms with Crippen LogP contribution in [0.2, 0.25) is 0 Å². The molecule has 0 spiro atoms. The number of ether oxygens (including phenoxy) is 1. The standard InChI is InChI=1S/C18H26N4OS/c1-14-13-24-17(21-14)6-5-11-20-18(19-2)22(3)12-15-7-9-16(23-4)10-8-15/h7-10,13H,5-6,11-12H2,1-4H3,(H,19,20). The molecule has 0 amide bonds. The van der Waals surface area contributed by atoms with Crippen LogP contribution in [0.25, 0.3) is 0 Å². The maximum atomic E-state index is 5.19. The molecule has 130 valence electrons. The van der Waals surface area contributed by atoms with Crippen LogP contribution >= 0.6 is 11.3 Å². The van der Waals surface area contributed by atoms with Gasteiger partial charge in [0.2, 0.25) is 0 Å². The second-order valence-corrected chi connectivity index (χ2v) is 6.61. The summed E-state index contributed by atoms with van der Waals surface area (Å²) in [6, 6.07) is 8.12. The average Bonchev–Trinajstić information content (AvgIpc) is 3.01. The highest BCUT2D eigenvalue weighted by Crippen LogP contribution is 2.13. The third-order valence-electron chi connectivity index (χ3n) is 3.67. The van der Waals surface area contributed by atoms with E-state index in [0.29, 0.717) is 0 Å².